The predicted octanol–water partition coefficient (Wildman–Crippen LogP) is 9.97. The number of rotatable bonds is 6. The molecule has 2 aliphatic rings. The van der Waals surface area contributed by atoms with Gasteiger partial charge in [0.25, 0.3) is 0 Å². The lowest BCUT2D eigenvalue weighted by atomic mass is 9.86. The first kappa shape index (κ1) is 26.7. The van der Waals surface area contributed by atoms with Crippen molar-refractivity contribution in [3.05, 3.63) is 163 Å². The largest absolute Gasteiger partial charge is 0.276 e. The Morgan fingerprint density at radius 2 is 1.37 bits per heavy atom. The van der Waals surface area contributed by atoms with Gasteiger partial charge in [0, 0.05) is 29.1 Å². The molecule has 0 saturated heterocycles. The average Bonchev–Trinajstić information content (AvgIpc) is 3.09. The molecule has 3 heteroatoms. The number of benzene rings is 3. The molecule has 0 N–H and O–H groups in total. The van der Waals surface area contributed by atoms with Crippen molar-refractivity contribution in [2.24, 2.45) is 10.9 Å². The van der Waals surface area contributed by atoms with Crippen molar-refractivity contribution in [3.63, 3.8) is 0 Å². The second-order valence-electron chi connectivity index (χ2n) is 11.4. The highest BCUT2D eigenvalue weighted by molar-refractivity contribution is 6.15. The van der Waals surface area contributed by atoms with Crippen LogP contribution < -0.4 is 0 Å². The first-order valence-electron chi connectivity index (χ1n) is 15.0. The van der Waals surface area contributed by atoms with Crippen LogP contribution in [0.25, 0.3) is 39.2 Å². The Labute approximate surface area is 253 Å². The van der Waals surface area contributed by atoms with E-state index in [1.165, 1.54) is 22.3 Å². The van der Waals surface area contributed by atoms with Crippen LogP contribution in [0, 0.1) is 5.92 Å². The van der Waals surface area contributed by atoms with Crippen LogP contribution in [-0.4, -0.2) is 15.7 Å². The van der Waals surface area contributed by atoms with Crippen molar-refractivity contribution in [2.45, 2.75) is 25.8 Å². The Morgan fingerprint density at radius 1 is 0.651 bits per heavy atom. The third-order valence-corrected chi connectivity index (χ3v) is 8.20. The molecule has 3 heterocycles. The summed E-state index contributed by atoms with van der Waals surface area (Å²) in [5, 5.41) is 0. The molecular weight excluding hydrogens is 522 g/mol. The number of hydrogen-bond acceptors (Lipinski definition) is 3. The van der Waals surface area contributed by atoms with Crippen LogP contribution in [0.1, 0.15) is 36.9 Å². The fraction of sp³-hybridized carbons (Fsp3) is 0.125. The Bertz CT molecular complexity index is 1850. The van der Waals surface area contributed by atoms with E-state index in [0.29, 0.717) is 5.92 Å². The van der Waals surface area contributed by atoms with Gasteiger partial charge < -0.3 is 0 Å². The van der Waals surface area contributed by atoms with Gasteiger partial charge in [0.15, 0.2) is 0 Å². The maximum absolute atomic E-state index is 5.28. The van der Waals surface area contributed by atoms with Gasteiger partial charge in [-0.2, -0.15) is 0 Å². The third-order valence-electron chi connectivity index (χ3n) is 8.20. The number of allylic oxidation sites excluding steroid dienone is 5. The first-order chi connectivity index (χ1) is 21.2. The Kier molecular flexibility index (Phi) is 7.45. The van der Waals surface area contributed by atoms with Crippen molar-refractivity contribution in [2.75, 3.05) is 0 Å². The van der Waals surface area contributed by atoms with Crippen LogP contribution in [-0.2, 0) is 0 Å². The molecule has 2 aromatic heterocycles. The maximum Gasteiger partial charge on any atom is 0.0796 e. The summed E-state index contributed by atoms with van der Waals surface area (Å²) in [6.07, 6.45) is 14.9. The van der Waals surface area contributed by atoms with Gasteiger partial charge in [-0.15, -0.1) is 0 Å². The molecule has 0 spiro atoms. The van der Waals surface area contributed by atoms with E-state index in [0.717, 1.165) is 52.2 Å². The van der Waals surface area contributed by atoms with E-state index < -0.39 is 0 Å². The zero-order chi connectivity index (χ0) is 29.0. The molecule has 0 bridgehead atoms. The number of aromatic nitrogens is 2. The van der Waals surface area contributed by atoms with E-state index in [-0.39, 0.29) is 6.04 Å². The Morgan fingerprint density at radius 3 is 2.07 bits per heavy atom. The van der Waals surface area contributed by atoms with Gasteiger partial charge in [-0.1, -0.05) is 97.9 Å². The number of dihydropyridines is 1. The number of pyridine rings is 2. The van der Waals surface area contributed by atoms with E-state index in [9.17, 15) is 0 Å². The second-order valence-corrected chi connectivity index (χ2v) is 11.4. The lowest BCUT2D eigenvalue weighted by Gasteiger charge is -2.24. The third kappa shape index (κ3) is 5.93. The van der Waals surface area contributed by atoms with Crippen LogP contribution in [0.3, 0.4) is 0 Å². The van der Waals surface area contributed by atoms with Gasteiger partial charge in [-0.05, 0) is 89.1 Å². The van der Waals surface area contributed by atoms with Gasteiger partial charge >= 0.3 is 0 Å². The predicted molar refractivity (Wildman–Crippen MR) is 179 cm³/mol. The minimum atomic E-state index is 0.0490. The monoisotopic (exact) mass is 555 g/mol. The van der Waals surface area contributed by atoms with Crippen molar-refractivity contribution < 1.29 is 0 Å². The van der Waals surface area contributed by atoms with Crippen molar-refractivity contribution in [1.82, 2.24) is 9.97 Å². The fourth-order valence-electron chi connectivity index (χ4n) is 5.93. The highest BCUT2D eigenvalue weighted by Gasteiger charge is 2.23. The average molecular weight is 556 g/mol. The van der Waals surface area contributed by atoms with E-state index in [4.69, 9.17) is 15.0 Å². The smallest absolute Gasteiger partial charge is 0.0796 e. The number of hydrogen-bond donors (Lipinski definition) is 0. The highest BCUT2D eigenvalue weighted by Crippen LogP contribution is 2.38. The molecule has 3 nitrogen and oxygen atoms in total. The van der Waals surface area contributed by atoms with Gasteiger partial charge in [0.2, 0.25) is 0 Å². The zero-order valence-corrected chi connectivity index (χ0v) is 24.3. The summed E-state index contributed by atoms with van der Waals surface area (Å²) in [5.41, 5.74) is 12.2. The molecule has 3 aromatic carbocycles. The van der Waals surface area contributed by atoms with Crippen LogP contribution in [0.2, 0.25) is 0 Å². The van der Waals surface area contributed by atoms with Crippen molar-refractivity contribution in [1.29, 1.82) is 0 Å². The summed E-state index contributed by atoms with van der Waals surface area (Å²) in [4.78, 5) is 14.9. The molecule has 43 heavy (non-hydrogen) atoms. The van der Waals surface area contributed by atoms with Gasteiger partial charge in [0.05, 0.1) is 23.1 Å². The minimum absolute atomic E-state index is 0.0490. The summed E-state index contributed by atoms with van der Waals surface area (Å²) in [7, 11) is 0. The molecule has 1 aliphatic heterocycles. The summed E-state index contributed by atoms with van der Waals surface area (Å²) >= 11 is 0. The highest BCUT2D eigenvalue weighted by atomic mass is 14.8. The molecule has 0 saturated carbocycles. The molecule has 0 amide bonds. The molecule has 2 unspecified atom stereocenters. The van der Waals surface area contributed by atoms with Gasteiger partial charge in [0.1, 0.15) is 0 Å². The SMILES string of the molecule is CC1C=C(C2=NC(c3ccccc3)CC(c3cc(-c4ccccn4)cc(-c4ccc(-c5ccccc5)cn4)c3)=C2)C=CC1. The lowest BCUT2D eigenvalue weighted by Crippen LogP contribution is -2.12. The lowest BCUT2D eigenvalue weighted by molar-refractivity contribution is 0.728. The normalized spacial score (nSPS) is 18.0. The quantitative estimate of drug-likeness (QED) is 0.209. The summed E-state index contributed by atoms with van der Waals surface area (Å²) in [6, 6.07) is 38.2. The topological polar surface area (TPSA) is 38.1 Å². The molecule has 5 aromatic rings. The molecule has 7 rings (SSSR count). The fourth-order valence-corrected chi connectivity index (χ4v) is 5.93. The Hall–Kier alpha value is -5.15. The van der Waals surface area contributed by atoms with Gasteiger partial charge in [-0.3, -0.25) is 15.0 Å². The van der Waals surface area contributed by atoms with E-state index in [1.54, 1.807) is 0 Å². The molecular formula is C40H33N3. The molecule has 0 fully saturated rings. The van der Waals surface area contributed by atoms with Gasteiger partial charge in [-0.25, -0.2) is 0 Å². The van der Waals surface area contributed by atoms with E-state index in [2.05, 4.69) is 122 Å². The van der Waals surface area contributed by atoms with Crippen molar-refractivity contribution in [3.8, 4) is 33.6 Å². The summed E-state index contributed by atoms with van der Waals surface area (Å²) < 4.78 is 0. The second kappa shape index (κ2) is 12.0. The van der Waals surface area contributed by atoms with E-state index in [1.807, 2.05) is 30.6 Å². The maximum atomic E-state index is 5.28. The molecule has 1 aliphatic carbocycles. The van der Waals surface area contributed by atoms with Crippen LogP contribution in [0.15, 0.2) is 156 Å². The Balaban J connectivity index is 1.34. The van der Waals surface area contributed by atoms with Crippen molar-refractivity contribution >= 4 is 11.3 Å². The summed E-state index contributed by atoms with van der Waals surface area (Å²) in [6.45, 7) is 2.27. The standard InChI is InChI=1S/C40H33N3/c1-28-11-10-16-31(21-28)40-26-34(25-39(43-40)30-14-6-3-7-15-30)33-22-35(37-17-8-9-20-41-37)24-36(23-33)38-19-18-32(27-42-38)29-12-4-2-5-13-29/h2-10,12-24,26-28,39H,11,25H2,1H3. The summed E-state index contributed by atoms with van der Waals surface area (Å²) in [5.74, 6) is 0.501. The van der Waals surface area contributed by atoms with Crippen LogP contribution >= 0.6 is 0 Å². The zero-order valence-electron chi connectivity index (χ0n) is 24.3. The number of aliphatic imine (C=N–C) groups is 1. The van der Waals surface area contributed by atoms with Crippen LogP contribution in [0.5, 0.6) is 0 Å². The molecule has 2 atom stereocenters. The first-order valence-corrected chi connectivity index (χ1v) is 15.0. The molecule has 0 radical (unpaired) electrons. The number of nitrogens with zero attached hydrogens (tertiary/aromatic N) is 3. The molecule has 208 valence electrons. The van der Waals surface area contributed by atoms with E-state index >= 15 is 0 Å². The minimum Gasteiger partial charge on any atom is -0.276 e. The van der Waals surface area contributed by atoms with Crippen LogP contribution in [0.4, 0.5) is 0 Å².